The monoisotopic (exact) mass is 265 g/mol. The summed E-state index contributed by atoms with van der Waals surface area (Å²) in [5, 5.41) is 15.7. The standard InChI is InChI=1S/C10H11N5O2S/c11-9-8(15(16)17)10(14-6-13-9)12-4-3-7-2-1-5-18-7/h1-2,5-6H,3-4H2,(H3,11,12,13,14). The number of nitro groups is 1. The number of rotatable bonds is 5. The van der Waals surface area contributed by atoms with Crippen LogP contribution in [0.2, 0.25) is 0 Å². The molecule has 0 amide bonds. The van der Waals surface area contributed by atoms with Gasteiger partial charge in [-0.15, -0.1) is 11.3 Å². The van der Waals surface area contributed by atoms with Gasteiger partial charge in [0.05, 0.1) is 4.92 Å². The lowest BCUT2D eigenvalue weighted by atomic mass is 10.3. The molecular formula is C10H11N5O2S. The molecule has 0 aromatic carbocycles. The minimum absolute atomic E-state index is 0.131. The highest BCUT2D eigenvalue weighted by molar-refractivity contribution is 7.09. The molecule has 3 N–H and O–H groups in total. The number of hydrogen-bond acceptors (Lipinski definition) is 7. The molecule has 0 unspecified atom stereocenters. The van der Waals surface area contributed by atoms with Crippen LogP contribution in [0.1, 0.15) is 4.88 Å². The van der Waals surface area contributed by atoms with Gasteiger partial charge in [0.15, 0.2) is 0 Å². The number of nitrogens with zero attached hydrogens (tertiary/aromatic N) is 3. The molecule has 0 aliphatic rings. The average molecular weight is 265 g/mol. The Kier molecular flexibility index (Phi) is 3.68. The minimum atomic E-state index is -0.581. The third kappa shape index (κ3) is 2.72. The zero-order valence-corrected chi connectivity index (χ0v) is 10.2. The summed E-state index contributed by atoms with van der Waals surface area (Å²) in [4.78, 5) is 18.9. The Morgan fingerprint density at radius 2 is 2.33 bits per heavy atom. The molecule has 2 heterocycles. The first-order chi connectivity index (χ1) is 8.68. The van der Waals surface area contributed by atoms with Crippen LogP contribution in [0.15, 0.2) is 23.8 Å². The van der Waals surface area contributed by atoms with E-state index in [0.29, 0.717) is 6.54 Å². The van der Waals surface area contributed by atoms with Crippen LogP contribution in [-0.4, -0.2) is 21.4 Å². The van der Waals surface area contributed by atoms with Gasteiger partial charge in [0.2, 0.25) is 11.6 Å². The Balaban J connectivity index is 2.05. The smallest absolute Gasteiger partial charge is 0.352 e. The van der Waals surface area contributed by atoms with Crippen LogP contribution in [0.25, 0.3) is 0 Å². The molecule has 2 rings (SSSR count). The number of aromatic nitrogens is 2. The average Bonchev–Trinajstić information content (AvgIpc) is 2.81. The molecule has 7 nitrogen and oxygen atoms in total. The normalized spacial score (nSPS) is 10.2. The molecule has 0 atom stereocenters. The van der Waals surface area contributed by atoms with Gasteiger partial charge in [-0.05, 0) is 17.9 Å². The van der Waals surface area contributed by atoms with Crippen LogP contribution in [-0.2, 0) is 6.42 Å². The number of hydrogen-bond donors (Lipinski definition) is 2. The van der Waals surface area contributed by atoms with Crippen molar-refractivity contribution in [3.63, 3.8) is 0 Å². The molecule has 0 fully saturated rings. The Morgan fingerprint density at radius 1 is 1.50 bits per heavy atom. The molecule has 0 saturated heterocycles. The zero-order valence-electron chi connectivity index (χ0n) is 9.37. The van der Waals surface area contributed by atoms with Crippen molar-refractivity contribution in [1.29, 1.82) is 0 Å². The highest BCUT2D eigenvalue weighted by atomic mass is 32.1. The first kappa shape index (κ1) is 12.2. The molecule has 8 heteroatoms. The van der Waals surface area contributed by atoms with E-state index in [1.807, 2.05) is 17.5 Å². The minimum Gasteiger partial charge on any atom is -0.378 e. The van der Waals surface area contributed by atoms with Gasteiger partial charge in [0, 0.05) is 11.4 Å². The van der Waals surface area contributed by atoms with E-state index in [1.165, 1.54) is 11.2 Å². The van der Waals surface area contributed by atoms with Crippen molar-refractivity contribution in [3.05, 3.63) is 38.8 Å². The van der Waals surface area contributed by atoms with E-state index < -0.39 is 4.92 Å². The first-order valence-corrected chi connectivity index (χ1v) is 6.07. The number of thiophene rings is 1. The second-order valence-electron chi connectivity index (χ2n) is 3.47. The van der Waals surface area contributed by atoms with Gasteiger partial charge >= 0.3 is 5.69 Å². The Labute approximate surface area is 107 Å². The van der Waals surface area contributed by atoms with Gasteiger partial charge in [0.1, 0.15) is 6.33 Å². The maximum Gasteiger partial charge on any atom is 0.352 e. The molecular weight excluding hydrogens is 254 g/mol. The largest absolute Gasteiger partial charge is 0.378 e. The summed E-state index contributed by atoms with van der Waals surface area (Å²) in [5.41, 5.74) is 5.18. The van der Waals surface area contributed by atoms with Gasteiger partial charge < -0.3 is 11.1 Å². The number of anilines is 2. The molecule has 0 aliphatic carbocycles. The predicted octanol–water partition coefficient (Wildman–Crippen LogP) is 1.68. The fraction of sp³-hybridized carbons (Fsp3) is 0.200. The highest BCUT2D eigenvalue weighted by Crippen LogP contribution is 2.26. The van der Waals surface area contributed by atoms with Gasteiger partial charge in [-0.2, -0.15) is 0 Å². The lowest BCUT2D eigenvalue weighted by molar-refractivity contribution is -0.383. The summed E-state index contributed by atoms with van der Waals surface area (Å²) in [6.07, 6.45) is 1.98. The van der Waals surface area contributed by atoms with E-state index in [-0.39, 0.29) is 17.3 Å². The fourth-order valence-electron chi connectivity index (χ4n) is 1.46. The van der Waals surface area contributed by atoms with Crippen molar-refractivity contribution in [3.8, 4) is 0 Å². The number of nitrogens with one attached hydrogen (secondary N) is 1. The summed E-state index contributed by atoms with van der Waals surface area (Å²) in [6.45, 7) is 0.553. The van der Waals surface area contributed by atoms with Crippen molar-refractivity contribution in [2.75, 3.05) is 17.6 Å². The Hall–Kier alpha value is -2.22. The van der Waals surface area contributed by atoms with Crippen LogP contribution < -0.4 is 11.1 Å². The summed E-state index contributed by atoms with van der Waals surface area (Å²) in [7, 11) is 0. The maximum absolute atomic E-state index is 10.8. The maximum atomic E-state index is 10.8. The first-order valence-electron chi connectivity index (χ1n) is 5.19. The van der Waals surface area contributed by atoms with Crippen molar-refractivity contribution < 1.29 is 4.92 Å². The molecule has 2 aromatic rings. The van der Waals surface area contributed by atoms with Crippen molar-refractivity contribution >= 4 is 28.7 Å². The molecule has 94 valence electrons. The summed E-state index contributed by atoms with van der Waals surface area (Å²) in [5.74, 6) is 0.0256. The molecule has 18 heavy (non-hydrogen) atoms. The third-order valence-electron chi connectivity index (χ3n) is 2.28. The van der Waals surface area contributed by atoms with Crippen LogP contribution in [0.3, 0.4) is 0 Å². The van der Waals surface area contributed by atoms with E-state index in [1.54, 1.807) is 11.3 Å². The second kappa shape index (κ2) is 5.41. The van der Waals surface area contributed by atoms with Crippen LogP contribution in [0.4, 0.5) is 17.3 Å². The SMILES string of the molecule is Nc1ncnc(NCCc2cccs2)c1[N+](=O)[O-]. The lowest BCUT2D eigenvalue weighted by Gasteiger charge is -2.05. The van der Waals surface area contributed by atoms with E-state index in [4.69, 9.17) is 5.73 Å². The Morgan fingerprint density at radius 3 is 3.00 bits per heavy atom. The molecule has 0 aliphatic heterocycles. The molecule has 0 spiro atoms. The third-order valence-corrected chi connectivity index (χ3v) is 3.21. The van der Waals surface area contributed by atoms with Crippen molar-refractivity contribution in [2.24, 2.45) is 0 Å². The van der Waals surface area contributed by atoms with E-state index in [0.717, 1.165) is 6.42 Å². The van der Waals surface area contributed by atoms with Crippen LogP contribution >= 0.6 is 11.3 Å². The topological polar surface area (TPSA) is 107 Å². The number of nitrogens with two attached hydrogens (primary N) is 1. The quantitative estimate of drug-likeness (QED) is 0.629. The zero-order chi connectivity index (χ0) is 13.0. The van der Waals surface area contributed by atoms with Gasteiger partial charge in [-0.1, -0.05) is 6.07 Å². The molecule has 0 radical (unpaired) electrons. The molecule has 0 bridgehead atoms. The van der Waals surface area contributed by atoms with Gasteiger partial charge in [-0.3, -0.25) is 10.1 Å². The Bertz CT molecular complexity index is 543. The van der Waals surface area contributed by atoms with Crippen molar-refractivity contribution in [2.45, 2.75) is 6.42 Å². The van der Waals surface area contributed by atoms with E-state index >= 15 is 0 Å². The highest BCUT2D eigenvalue weighted by Gasteiger charge is 2.20. The van der Waals surface area contributed by atoms with E-state index in [2.05, 4.69) is 15.3 Å². The van der Waals surface area contributed by atoms with Gasteiger partial charge in [0.25, 0.3) is 0 Å². The van der Waals surface area contributed by atoms with E-state index in [9.17, 15) is 10.1 Å². The number of nitrogen functional groups attached to an aromatic ring is 1. The van der Waals surface area contributed by atoms with Crippen LogP contribution in [0.5, 0.6) is 0 Å². The summed E-state index contributed by atoms with van der Waals surface area (Å²) >= 11 is 1.64. The van der Waals surface area contributed by atoms with Gasteiger partial charge in [-0.25, -0.2) is 9.97 Å². The molecule has 0 saturated carbocycles. The summed E-state index contributed by atoms with van der Waals surface area (Å²) in [6, 6.07) is 3.97. The lowest BCUT2D eigenvalue weighted by Crippen LogP contribution is -2.10. The molecule has 2 aromatic heterocycles. The summed E-state index contributed by atoms with van der Waals surface area (Å²) < 4.78 is 0. The van der Waals surface area contributed by atoms with Crippen LogP contribution in [0, 0.1) is 10.1 Å². The predicted molar refractivity (Wildman–Crippen MR) is 69.6 cm³/mol. The fourth-order valence-corrected chi connectivity index (χ4v) is 2.17. The second-order valence-corrected chi connectivity index (χ2v) is 4.50. The van der Waals surface area contributed by atoms with Crippen molar-refractivity contribution in [1.82, 2.24) is 9.97 Å².